The molecule has 0 aliphatic rings. The van der Waals surface area contributed by atoms with Gasteiger partial charge in [0.1, 0.15) is 5.75 Å². The summed E-state index contributed by atoms with van der Waals surface area (Å²) >= 11 is 1.03. The molecule has 1 amide bonds. The summed E-state index contributed by atoms with van der Waals surface area (Å²) in [6.45, 7) is -1.28. The second-order valence-corrected chi connectivity index (χ2v) is 5.33. The molecule has 118 valence electrons. The van der Waals surface area contributed by atoms with E-state index in [0.29, 0.717) is 10.6 Å². The Balaban J connectivity index is 2.47. The van der Waals surface area contributed by atoms with Crippen molar-refractivity contribution in [3.05, 3.63) is 40.1 Å². The minimum atomic E-state index is -3.20. The van der Waals surface area contributed by atoms with Crippen LogP contribution in [0.25, 0.3) is 5.69 Å². The minimum Gasteiger partial charge on any atom is -0.435 e. The Kier molecular flexibility index (Phi) is 4.96. The van der Waals surface area contributed by atoms with Crippen molar-refractivity contribution in [2.45, 2.75) is 20.0 Å². The third-order valence-electron chi connectivity index (χ3n) is 2.48. The summed E-state index contributed by atoms with van der Waals surface area (Å²) in [4.78, 5) is 15.2. The van der Waals surface area contributed by atoms with Crippen LogP contribution in [0.1, 0.15) is 4.88 Å². The van der Waals surface area contributed by atoms with Crippen LogP contribution in [0.15, 0.2) is 35.5 Å². The van der Waals surface area contributed by atoms with Gasteiger partial charge in [-0.15, -0.1) is 11.3 Å². The Morgan fingerprint density at radius 1 is 1.32 bits per heavy atom. The maximum Gasteiger partial charge on any atom is 0.387 e. The van der Waals surface area contributed by atoms with E-state index in [4.69, 9.17) is 0 Å². The smallest absolute Gasteiger partial charge is 0.387 e. The van der Waals surface area contributed by atoms with E-state index in [1.807, 2.05) is 0 Å². The van der Waals surface area contributed by atoms with Gasteiger partial charge >= 0.3 is 18.9 Å². The van der Waals surface area contributed by atoms with Gasteiger partial charge < -0.3 is 4.74 Å². The first-order valence-corrected chi connectivity index (χ1v) is 6.79. The average molecular weight is 334 g/mol. The highest BCUT2D eigenvalue weighted by molar-refractivity contribution is 7.09. The number of hydrogen-bond acceptors (Lipinski definition) is 3. The third kappa shape index (κ3) is 3.94. The van der Waals surface area contributed by atoms with Gasteiger partial charge in [-0.05, 0) is 19.1 Å². The quantitative estimate of drug-likeness (QED) is 0.806. The molecular formula is C13H10F4N2O2S. The first-order chi connectivity index (χ1) is 10.4. The Hall–Kier alpha value is -2.16. The molecule has 1 aromatic heterocycles. The highest BCUT2D eigenvalue weighted by atomic mass is 32.1. The van der Waals surface area contributed by atoms with Gasteiger partial charge in [0.2, 0.25) is 0 Å². The van der Waals surface area contributed by atoms with Crippen molar-refractivity contribution in [3.63, 3.8) is 0 Å². The molecule has 0 fully saturated rings. The van der Waals surface area contributed by atoms with Crippen LogP contribution in [0, 0.1) is 6.92 Å². The highest BCUT2D eigenvalue weighted by Crippen LogP contribution is 2.19. The Bertz CT molecular complexity index is 740. The zero-order valence-corrected chi connectivity index (χ0v) is 12.0. The molecule has 1 heterocycles. The van der Waals surface area contributed by atoms with Gasteiger partial charge in [0, 0.05) is 17.1 Å². The molecule has 0 atom stereocenters. The number of amides is 1. The van der Waals surface area contributed by atoms with Crippen molar-refractivity contribution < 1.29 is 27.1 Å². The number of aromatic nitrogens is 1. The number of hydrogen-bond donors (Lipinski definition) is 0. The molecule has 1 aromatic carbocycles. The number of aryl methyl sites for hydroxylation is 1. The molecule has 0 spiro atoms. The van der Waals surface area contributed by atoms with E-state index >= 15 is 0 Å². The van der Waals surface area contributed by atoms with Crippen LogP contribution in [0.3, 0.4) is 0 Å². The van der Waals surface area contributed by atoms with E-state index < -0.39 is 18.9 Å². The highest BCUT2D eigenvalue weighted by Gasteiger charge is 2.15. The molecular weight excluding hydrogens is 324 g/mol. The largest absolute Gasteiger partial charge is 0.435 e. The van der Waals surface area contributed by atoms with E-state index in [-0.39, 0.29) is 10.6 Å². The molecule has 2 aromatic rings. The van der Waals surface area contributed by atoms with Crippen LogP contribution in [-0.2, 0) is 4.79 Å². The Morgan fingerprint density at radius 3 is 2.68 bits per heavy atom. The predicted molar refractivity (Wildman–Crippen MR) is 71.6 cm³/mol. The fourth-order valence-electron chi connectivity index (χ4n) is 1.67. The monoisotopic (exact) mass is 334 g/mol. The molecule has 0 aliphatic carbocycles. The minimum absolute atomic E-state index is 0.0250. The van der Waals surface area contributed by atoms with Crippen molar-refractivity contribution in [2.75, 3.05) is 0 Å². The number of thiazole rings is 1. The summed E-state index contributed by atoms with van der Waals surface area (Å²) in [5.41, 5.74) is 0.364. The normalized spacial score (nSPS) is 12.2. The lowest BCUT2D eigenvalue weighted by Gasteiger charge is -2.07. The summed E-state index contributed by atoms with van der Waals surface area (Å²) in [6.07, 6.45) is -1.65. The standard InChI is InChI=1S/C13H10F4N2O2S/c1-7-6-19(13(22-7)18-11(20)10(14)15)8-3-2-4-9(5-8)21-12(16)17/h2-6,10,12H,1H3. The molecule has 0 bridgehead atoms. The fourth-order valence-corrected chi connectivity index (χ4v) is 2.51. The molecule has 4 nitrogen and oxygen atoms in total. The summed E-state index contributed by atoms with van der Waals surface area (Å²) in [5, 5.41) is 0. The van der Waals surface area contributed by atoms with Crippen LogP contribution in [0.4, 0.5) is 17.6 Å². The second kappa shape index (κ2) is 6.73. The maximum atomic E-state index is 12.3. The molecule has 9 heteroatoms. The van der Waals surface area contributed by atoms with Gasteiger partial charge in [0.15, 0.2) is 4.80 Å². The average Bonchev–Trinajstić information content (AvgIpc) is 2.79. The Labute approximate surface area is 126 Å². The second-order valence-electron chi connectivity index (χ2n) is 4.12. The van der Waals surface area contributed by atoms with E-state index in [1.54, 1.807) is 19.2 Å². The number of rotatable bonds is 4. The van der Waals surface area contributed by atoms with Gasteiger partial charge in [-0.3, -0.25) is 9.36 Å². The van der Waals surface area contributed by atoms with Crippen LogP contribution < -0.4 is 9.54 Å². The van der Waals surface area contributed by atoms with Gasteiger partial charge in [0.05, 0.1) is 5.69 Å². The van der Waals surface area contributed by atoms with E-state index in [0.717, 1.165) is 11.3 Å². The first kappa shape index (κ1) is 16.2. The summed E-state index contributed by atoms with van der Waals surface area (Å²) in [7, 11) is 0. The van der Waals surface area contributed by atoms with Crippen molar-refractivity contribution in [1.82, 2.24) is 4.57 Å². The number of carbonyl (C=O) groups is 1. The lowest BCUT2D eigenvalue weighted by atomic mass is 10.3. The van der Waals surface area contributed by atoms with Crippen LogP contribution >= 0.6 is 11.3 Å². The first-order valence-electron chi connectivity index (χ1n) is 5.98. The van der Waals surface area contributed by atoms with Gasteiger partial charge in [-0.1, -0.05) is 6.07 Å². The van der Waals surface area contributed by atoms with Crippen LogP contribution in [0.5, 0.6) is 5.75 Å². The van der Waals surface area contributed by atoms with Gasteiger partial charge in [-0.25, -0.2) is 0 Å². The van der Waals surface area contributed by atoms with Crippen molar-refractivity contribution in [1.29, 1.82) is 0 Å². The molecule has 2 rings (SSSR count). The zero-order valence-electron chi connectivity index (χ0n) is 11.2. The van der Waals surface area contributed by atoms with E-state index in [2.05, 4.69) is 9.73 Å². The van der Waals surface area contributed by atoms with Crippen molar-refractivity contribution in [2.24, 2.45) is 4.99 Å². The zero-order chi connectivity index (χ0) is 16.3. The SMILES string of the molecule is Cc1cn(-c2cccc(OC(F)F)c2)c(=NC(=O)C(F)F)s1. The Morgan fingerprint density at radius 2 is 2.05 bits per heavy atom. The van der Waals surface area contributed by atoms with Gasteiger partial charge in [0.25, 0.3) is 0 Å². The third-order valence-corrected chi connectivity index (χ3v) is 3.38. The van der Waals surface area contributed by atoms with Crippen molar-refractivity contribution in [3.8, 4) is 11.4 Å². The molecule has 0 aliphatic heterocycles. The van der Waals surface area contributed by atoms with E-state index in [1.165, 1.54) is 22.8 Å². The number of benzene rings is 1. The maximum absolute atomic E-state index is 12.3. The molecule has 0 saturated heterocycles. The topological polar surface area (TPSA) is 43.6 Å². The summed E-state index contributed by atoms with van der Waals surface area (Å²) in [6, 6.07) is 5.64. The molecule has 22 heavy (non-hydrogen) atoms. The summed E-state index contributed by atoms with van der Waals surface area (Å²) in [5.74, 6) is -1.65. The molecule has 0 radical (unpaired) electrons. The number of ether oxygens (including phenoxy) is 1. The van der Waals surface area contributed by atoms with Crippen LogP contribution in [-0.4, -0.2) is 23.5 Å². The molecule has 0 saturated carbocycles. The number of nitrogens with zero attached hydrogens (tertiary/aromatic N) is 2. The van der Waals surface area contributed by atoms with Crippen LogP contribution in [0.2, 0.25) is 0 Å². The van der Waals surface area contributed by atoms with Gasteiger partial charge in [-0.2, -0.15) is 22.6 Å². The molecule has 0 N–H and O–H groups in total. The summed E-state index contributed by atoms with van der Waals surface area (Å²) < 4.78 is 54.7. The van der Waals surface area contributed by atoms with E-state index in [9.17, 15) is 22.4 Å². The molecule has 0 unspecified atom stereocenters. The predicted octanol–water partition coefficient (Wildman–Crippen LogP) is 3.14. The van der Waals surface area contributed by atoms with Crippen molar-refractivity contribution >= 4 is 17.2 Å². The lowest BCUT2D eigenvalue weighted by Crippen LogP contribution is -2.17. The number of halogens is 4. The lowest BCUT2D eigenvalue weighted by molar-refractivity contribution is -0.128. The number of carbonyl (C=O) groups excluding carboxylic acids is 1. The fraction of sp³-hybridized carbons (Fsp3) is 0.231. The number of alkyl halides is 4.